The molecule has 1 fully saturated rings. The van der Waals surface area contributed by atoms with Crippen molar-refractivity contribution in [2.24, 2.45) is 0 Å². The number of carbonyl (C=O) groups excluding carboxylic acids is 1. The molecule has 0 radical (unpaired) electrons. The SMILES string of the molecule is C1CCOC1.CCOC(=O)c1cnc(Nc2ccc(C#N)cc2)nc1Nc1c(C)cc(/C=C/C#N)cc1C.Cc1cc(/C=C/C#N)cc(C)c1Nc1nc(Nc2ccc(C#N)cc2)ncc1C(O)(c1nccs1)c1nccs1.[Li+].[c-]1nccs1. The maximum atomic E-state index is 12.5. The van der Waals surface area contributed by atoms with Gasteiger partial charge in [-0.15, -0.1) is 34.3 Å². The molecule has 84 heavy (non-hydrogen) atoms. The van der Waals surface area contributed by atoms with Crippen LogP contribution in [0.25, 0.3) is 12.2 Å². The molecule has 0 unspecified atom stereocenters. The van der Waals surface area contributed by atoms with Crippen LogP contribution in [-0.4, -0.2) is 65.8 Å². The number of benzene rings is 4. The number of aliphatic hydroxyl groups is 1. The summed E-state index contributed by atoms with van der Waals surface area (Å²) in [6, 6.07) is 29.8. The van der Waals surface area contributed by atoms with E-state index in [1.807, 2.05) is 69.5 Å². The van der Waals surface area contributed by atoms with Crippen molar-refractivity contribution in [2.75, 3.05) is 41.1 Å². The van der Waals surface area contributed by atoms with E-state index in [4.69, 9.17) is 35.5 Å². The number of esters is 1. The third kappa shape index (κ3) is 17.5. The van der Waals surface area contributed by atoms with Crippen LogP contribution in [0.3, 0.4) is 0 Å². The summed E-state index contributed by atoms with van der Waals surface area (Å²) in [6.07, 6.45) is 16.9. The number of aryl methyl sites for hydroxylation is 4. The number of hydrogen-bond donors (Lipinski definition) is 5. The summed E-state index contributed by atoms with van der Waals surface area (Å²) < 4.78 is 10.1. The molecule has 0 bridgehead atoms. The second-order valence-electron chi connectivity index (χ2n) is 17.8. The standard InChI is InChI=1S/C29H22N8OS2.C25H22N6O2.C4H8O.C3H2NS.Li/c1-18-14-21(4-3-9-30)15-19(2)24(18)36-25-23(29(38,26-32-10-12-39-26)27-33-11-13-40-27)17-34-28(37-25)35-22-7-5-20(16-31)6-8-22;1-4-33-24(32)21-15-28-25(29-20-9-7-18(14-27)8-10-20)31-23(21)30-22-16(2)12-19(6-5-11-26)13-17(22)3;1-2-4-5-3-1;1-2-5-3-4-1;/h3-8,10-15,17,38H,1-2H3,(H2,34,35,36,37);5-10,12-13,15H,4H2,1-3H3,(H2,28,29,30,31);1-4H2;1-2H;/q;;;-1;+1/b4-3+;6-5+;;;. The zero-order chi connectivity index (χ0) is 59.0. The molecule has 9 aromatic rings. The molecule has 1 aliphatic rings. The number of hydrogen-bond acceptors (Lipinski definition) is 22. The fourth-order valence-corrected chi connectivity index (χ4v) is 9.95. The fourth-order valence-electron chi connectivity index (χ4n) is 8.09. The van der Waals surface area contributed by atoms with Crippen molar-refractivity contribution in [2.45, 2.75) is 53.1 Å². The molecule has 5 N–H and O–H groups in total. The van der Waals surface area contributed by atoms with Gasteiger partial charge in [0.15, 0.2) is 11.4 Å². The zero-order valence-electron chi connectivity index (χ0n) is 46.7. The van der Waals surface area contributed by atoms with Gasteiger partial charge in [-0.1, -0.05) is 0 Å². The molecule has 6 heterocycles. The molecule has 0 spiro atoms. The van der Waals surface area contributed by atoms with Crippen molar-refractivity contribution in [3.63, 3.8) is 0 Å². The van der Waals surface area contributed by atoms with E-state index in [-0.39, 0.29) is 37.0 Å². The Bertz CT molecular complexity index is 3720. The molecular weight excluding hydrogens is 1110 g/mol. The fraction of sp³-hybridized carbons (Fsp3) is 0.180. The number of allylic oxidation sites excluding steroid dienone is 2. The van der Waals surface area contributed by atoms with Crippen LogP contribution in [0.5, 0.6) is 0 Å². The maximum absolute atomic E-state index is 12.5. The smallest absolute Gasteiger partial charge is 0.462 e. The second kappa shape index (κ2) is 32.3. The van der Waals surface area contributed by atoms with Gasteiger partial charge >= 0.3 is 24.8 Å². The van der Waals surface area contributed by atoms with Gasteiger partial charge in [0.05, 0.1) is 47.6 Å². The summed E-state index contributed by atoms with van der Waals surface area (Å²) in [6.45, 7) is 11.7. The number of anilines is 8. The normalized spacial score (nSPS) is 11.3. The Hall–Kier alpha value is -9.44. The third-order valence-corrected chi connectivity index (χ3v) is 14.2. The Labute approximate surface area is 511 Å². The summed E-state index contributed by atoms with van der Waals surface area (Å²) in [7, 11) is 0. The van der Waals surface area contributed by atoms with E-state index in [1.165, 1.54) is 65.2 Å². The van der Waals surface area contributed by atoms with Crippen LogP contribution in [-0.2, 0) is 15.1 Å². The third-order valence-electron chi connectivity index (χ3n) is 11.9. The summed E-state index contributed by atoms with van der Waals surface area (Å²) >= 11 is 4.10. The molecule has 10 rings (SSSR count). The molecule has 5 aromatic heterocycles. The second-order valence-corrected chi connectivity index (χ2v) is 20.3. The van der Waals surface area contributed by atoms with E-state index in [0.29, 0.717) is 55.7 Å². The van der Waals surface area contributed by atoms with Crippen molar-refractivity contribution in [3.8, 4) is 24.3 Å². The van der Waals surface area contributed by atoms with Gasteiger partial charge in [0.2, 0.25) is 11.9 Å². The Morgan fingerprint density at radius 2 is 1.15 bits per heavy atom. The minimum atomic E-state index is -1.70. The van der Waals surface area contributed by atoms with Crippen molar-refractivity contribution >= 4 is 98.4 Å². The van der Waals surface area contributed by atoms with Gasteiger partial charge in [0.25, 0.3) is 0 Å². The van der Waals surface area contributed by atoms with Crippen molar-refractivity contribution in [1.82, 2.24) is 34.9 Å². The minimum Gasteiger partial charge on any atom is -0.462 e. The summed E-state index contributed by atoms with van der Waals surface area (Å²) in [4.78, 5) is 43.0. The minimum absolute atomic E-state index is 0. The van der Waals surface area contributed by atoms with E-state index in [9.17, 15) is 9.90 Å². The zero-order valence-corrected chi connectivity index (χ0v) is 49.2. The van der Waals surface area contributed by atoms with Gasteiger partial charge < -0.3 is 40.8 Å². The van der Waals surface area contributed by atoms with Gasteiger partial charge in [-0.05, 0) is 171 Å². The molecule has 0 amide bonds. The molecule has 1 aliphatic heterocycles. The van der Waals surface area contributed by atoms with Crippen LogP contribution in [0.2, 0.25) is 0 Å². The van der Waals surface area contributed by atoms with Crippen LogP contribution < -0.4 is 40.1 Å². The first-order valence-electron chi connectivity index (χ1n) is 25.6. The summed E-state index contributed by atoms with van der Waals surface area (Å²) in [5, 5.41) is 67.3. The average Bonchev–Trinajstić information content (AvgIpc) is 2.24. The van der Waals surface area contributed by atoms with E-state index in [2.05, 4.69) is 68.8 Å². The first-order chi connectivity index (χ1) is 40.4. The number of rotatable bonds is 15. The Morgan fingerprint density at radius 3 is 1.54 bits per heavy atom. The Balaban J connectivity index is 0.000000230. The predicted molar refractivity (Wildman–Crippen MR) is 324 cm³/mol. The van der Waals surface area contributed by atoms with Crippen LogP contribution >= 0.6 is 34.0 Å². The number of carbonyl (C=O) groups is 1. The Morgan fingerprint density at radius 1 is 0.679 bits per heavy atom. The molecular formula is C61H54LiN15O4S3. The van der Waals surface area contributed by atoms with Crippen molar-refractivity contribution in [1.29, 1.82) is 21.0 Å². The molecule has 0 atom stereocenters. The molecule has 0 saturated carbocycles. The number of thiazole rings is 3. The van der Waals surface area contributed by atoms with Gasteiger partial charge in [-0.25, -0.2) is 24.7 Å². The number of nitrogens with zero attached hydrogens (tertiary/aromatic N) is 11. The monoisotopic (exact) mass is 1160 g/mol. The maximum Gasteiger partial charge on any atom is 1.00 e. The van der Waals surface area contributed by atoms with Crippen LogP contribution in [0.15, 0.2) is 132 Å². The van der Waals surface area contributed by atoms with Gasteiger partial charge in [0, 0.05) is 83.7 Å². The molecule has 416 valence electrons. The van der Waals surface area contributed by atoms with Crippen LogP contribution in [0, 0.1) is 78.5 Å². The van der Waals surface area contributed by atoms with E-state index in [1.54, 1.807) is 103 Å². The van der Waals surface area contributed by atoms with Gasteiger partial charge in [-0.2, -0.15) is 31.0 Å². The quantitative estimate of drug-likeness (QED) is 0.0276. The number of nitriles is 4. The number of ether oxygens (including phenoxy) is 2. The van der Waals surface area contributed by atoms with Gasteiger partial charge in [0.1, 0.15) is 21.4 Å². The Kier molecular flexibility index (Phi) is 24.5. The van der Waals surface area contributed by atoms with E-state index in [0.717, 1.165) is 58.0 Å². The first-order valence-corrected chi connectivity index (χ1v) is 28.2. The molecule has 1 saturated heterocycles. The molecule has 19 nitrogen and oxygen atoms in total. The summed E-state index contributed by atoms with van der Waals surface area (Å²) in [5.74, 6) is 0.699. The average molecular weight is 1160 g/mol. The summed E-state index contributed by atoms with van der Waals surface area (Å²) in [5.41, 5.74) is 11.1. The predicted octanol–water partition coefficient (Wildman–Crippen LogP) is 10.1. The number of nitrogens with one attached hydrogen (secondary N) is 4. The van der Waals surface area contributed by atoms with Crippen molar-refractivity contribution < 1.29 is 38.2 Å². The first kappa shape index (κ1) is 63.7. The number of aromatic nitrogens is 7. The molecule has 0 aliphatic carbocycles. The molecule has 4 aromatic carbocycles. The molecule has 23 heteroatoms. The van der Waals surface area contributed by atoms with E-state index >= 15 is 0 Å². The van der Waals surface area contributed by atoms with Crippen molar-refractivity contribution in [3.05, 3.63) is 203 Å². The van der Waals surface area contributed by atoms with Crippen LogP contribution in [0.4, 0.5) is 46.3 Å². The van der Waals surface area contributed by atoms with Crippen LogP contribution in [0.1, 0.15) is 90.2 Å². The topological polar surface area (TPSA) is 289 Å². The largest absolute Gasteiger partial charge is 1.00 e. The van der Waals surface area contributed by atoms with Gasteiger partial charge in [-0.3, -0.25) is 11.3 Å². The van der Waals surface area contributed by atoms with E-state index < -0.39 is 11.6 Å².